The molecule has 0 aromatic heterocycles. The Hall–Kier alpha value is -0.352. The summed E-state index contributed by atoms with van der Waals surface area (Å²) < 4.78 is 0. The van der Waals surface area contributed by atoms with E-state index in [4.69, 9.17) is 6.58 Å². The third kappa shape index (κ3) is 7.75. The van der Waals surface area contributed by atoms with Crippen molar-refractivity contribution in [3.8, 4) is 0 Å². The molecule has 0 nitrogen and oxygen atoms in total. The summed E-state index contributed by atoms with van der Waals surface area (Å²) in [4.78, 5) is 0. The Morgan fingerprint density at radius 2 is 1.92 bits per heavy atom. The van der Waals surface area contributed by atoms with Crippen LogP contribution < -0.4 is 0 Å². The summed E-state index contributed by atoms with van der Waals surface area (Å²) in [6, 6.07) is 10.5. The molecular formula is C11H16W. The van der Waals surface area contributed by atoms with Gasteiger partial charge in [-0.25, -0.2) is 12.1 Å². The largest absolute Gasteiger partial charge is 2.00 e. The molecule has 0 bridgehead atoms. The van der Waals surface area contributed by atoms with E-state index in [0.717, 1.165) is 5.56 Å². The van der Waals surface area contributed by atoms with Crippen molar-refractivity contribution in [2.75, 3.05) is 0 Å². The Morgan fingerprint density at radius 3 is 2.17 bits per heavy atom. The first kappa shape index (κ1) is 17.7. The third-order valence-electron chi connectivity index (χ3n) is 0.913. The molecule has 0 aliphatic heterocycles. The standard InChI is InChI=1S/C8H6.C2H6.CH4.W/c1-2-8-6-4-3-5-7-8;1-2;;/h1-6H;1-2H3;1H4;/q-2;;;+2. The van der Waals surface area contributed by atoms with Crippen LogP contribution in [0.1, 0.15) is 26.8 Å². The predicted octanol–water partition coefficient (Wildman–Crippen LogP) is 3.59. The molecule has 0 unspecified atom stereocenters. The second-order valence-corrected chi connectivity index (χ2v) is 1.48. The minimum Gasteiger partial charge on any atom is -0.344 e. The zero-order valence-electron chi connectivity index (χ0n) is 6.87. The van der Waals surface area contributed by atoms with E-state index in [0.29, 0.717) is 0 Å². The second kappa shape index (κ2) is 13.3. The second-order valence-electron chi connectivity index (χ2n) is 1.48. The monoisotopic (exact) mass is 332 g/mol. The quantitative estimate of drug-likeness (QED) is 0.690. The van der Waals surface area contributed by atoms with Crippen LogP contribution in [0.5, 0.6) is 0 Å². The Balaban J connectivity index is -0.000000189. The van der Waals surface area contributed by atoms with E-state index in [1.54, 1.807) is 0 Å². The summed E-state index contributed by atoms with van der Waals surface area (Å²) in [5.41, 5.74) is 0.938. The maximum Gasteiger partial charge on any atom is 2.00 e. The van der Waals surface area contributed by atoms with Gasteiger partial charge in [0.25, 0.3) is 0 Å². The summed E-state index contributed by atoms with van der Waals surface area (Å²) in [6.45, 7) is 9.19. The topological polar surface area (TPSA) is 0 Å². The van der Waals surface area contributed by atoms with Gasteiger partial charge in [0.05, 0.1) is 0 Å². The molecule has 0 spiro atoms. The Morgan fingerprint density at radius 1 is 1.33 bits per heavy atom. The average molecular weight is 332 g/mol. The van der Waals surface area contributed by atoms with Crippen molar-refractivity contribution < 1.29 is 21.1 Å². The molecular weight excluding hydrogens is 316 g/mol. The molecule has 0 heterocycles. The molecule has 1 rings (SSSR count). The Bertz CT molecular complexity index is 168. The van der Waals surface area contributed by atoms with Gasteiger partial charge >= 0.3 is 21.1 Å². The first-order valence-electron chi connectivity index (χ1n) is 3.45. The first-order valence-corrected chi connectivity index (χ1v) is 3.45. The predicted molar refractivity (Wildman–Crippen MR) is 52.1 cm³/mol. The maximum absolute atomic E-state index is 5.19. The number of rotatable bonds is 1. The summed E-state index contributed by atoms with van der Waals surface area (Å²) in [6.07, 6.45) is 1.53. The minimum atomic E-state index is 0. The van der Waals surface area contributed by atoms with Crippen molar-refractivity contribution in [3.63, 3.8) is 0 Å². The molecule has 0 amide bonds. The van der Waals surface area contributed by atoms with Crippen LogP contribution in [0.15, 0.2) is 24.3 Å². The zero-order chi connectivity index (χ0) is 7.82. The van der Waals surface area contributed by atoms with Gasteiger partial charge in [-0.15, -0.1) is 6.07 Å². The van der Waals surface area contributed by atoms with Crippen molar-refractivity contribution in [2.45, 2.75) is 21.3 Å². The molecule has 0 radical (unpaired) electrons. The van der Waals surface area contributed by atoms with E-state index in [9.17, 15) is 0 Å². The molecule has 0 atom stereocenters. The van der Waals surface area contributed by atoms with Gasteiger partial charge in [0, 0.05) is 0 Å². The molecule has 0 fully saturated rings. The van der Waals surface area contributed by atoms with Crippen LogP contribution in [0.2, 0.25) is 0 Å². The van der Waals surface area contributed by atoms with Crippen molar-refractivity contribution in [1.29, 1.82) is 0 Å². The normalized spacial score (nSPS) is 6.17. The number of benzene rings is 1. The van der Waals surface area contributed by atoms with Gasteiger partial charge in [0.15, 0.2) is 0 Å². The van der Waals surface area contributed by atoms with Crippen LogP contribution in [-0.4, -0.2) is 0 Å². The first-order chi connectivity index (χ1) is 4.93. The summed E-state index contributed by atoms with van der Waals surface area (Å²) in [5.74, 6) is 0. The van der Waals surface area contributed by atoms with Crippen LogP contribution >= 0.6 is 0 Å². The van der Waals surface area contributed by atoms with Crippen LogP contribution in [0.3, 0.4) is 0 Å². The van der Waals surface area contributed by atoms with E-state index in [1.165, 1.54) is 6.08 Å². The molecule has 0 saturated carbocycles. The fraction of sp³-hybridized carbons (Fsp3) is 0.273. The molecule has 0 saturated heterocycles. The van der Waals surface area contributed by atoms with Crippen molar-refractivity contribution in [1.82, 2.24) is 0 Å². The van der Waals surface area contributed by atoms with E-state index in [-0.39, 0.29) is 28.5 Å². The smallest absolute Gasteiger partial charge is 0.344 e. The van der Waals surface area contributed by atoms with Crippen molar-refractivity contribution in [2.24, 2.45) is 0 Å². The van der Waals surface area contributed by atoms with Crippen LogP contribution in [0.25, 0.3) is 6.08 Å². The number of hydrogen-bond acceptors (Lipinski definition) is 0. The molecule has 1 aromatic carbocycles. The van der Waals surface area contributed by atoms with Gasteiger partial charge in [0.2, 0.25) is 0 Å². The minimum absolute atomic E-state index is 0. The van der Waals surface area contributed by atoms with E-state index < -0.39 is 0 Å². The van der Waals surface area contributed by atoms with Crippen LogP contribution in [0.4, 0.5) is 0 Å². The van der Waals surface area contributed by atoms with E-state index in [1.807, 2.05) is 38.1 Å². The Labute approximate surface area is 91.0 Å². The molecule has 0 N–H and O–H groups in total. The summed E-state index contributed by atoms with van der Waals surface area (Å²) >= 11 is 0. The fourth-order valence-electron chi connectivity index (χ4n) is 0.511. The van der Waals surface area contributed by atoms with Gasteiger partial charge < -0.3 is 18.2 Å². The molecule has 1 aromatic rings. The van der Waals surface area contributed by atoms with Gasteiger partial charge in [-0.05, 0) is 0 Å². The summed E-state index contributed by atoms with van der Waals surface area (Å²) in [7, 11) is 0. The molecule has 12 heavy (non-hydrogen) atoms. The van der Waals surface area contributed by atoms with E-state index >= 15 is 0 Å². The number of hydrogen-bond donors (Lipinski definition) is 0. The molecule has 1 heteroatoms. The van der Waals surface area contributed by atoms with Gasteiger partial charge in [0.1, 0.15) is 0 Å². The van der Waals surface area contributed by atoms with Gasteiger partial charge in [-0.3, -0.25) is 0 Å². The molecule has 0 aliphatic carbocycles. The SMILES string of the molecule is C.CC.[CH-]=Cc1[c-]cccc1.[W+2]. The van der Waals surface area contributed by atoms with Gasteiger partial charge in [-0.2, -0.15) is 12.1 Å². The molecule has 66 valence electrons. The van der Waals surface area contributed by atoms with Crippen molar-refractivity contribution >= 4 is 6.08 Å². The average Bonchev–Trinajstić information content (AvgIpc) is 2.10. The maximum atomic E-state index is 5.19. The van der Waals surface area contributed by atoms with E-state index in [2.05, 4.69) is 6.07 Å². The van der Waals surface area contributed by atoms with Gasteiger partial charge in [-0.1, -0.05) is 21.3 Å². The molecule has 0 aliphatic rings. The Kier molecular flexibility index (Phi) is 19.5. The fourth-order valence-corrected chi connectivity index (χ4v) is 0.511. The van der Waals surface area contributed by atoms with Crippen LogP contribution in [0, 0.1) is 12.6 Å². The zero-order valence-corrected chi connectivity index (χ0v) is 9.81. The van der Waals surface area contributed by atoms with Crippen LogP contribution in [-0.2, 0) is 21.1 Å². The van der Waals surface area contributed by atoms with Crippen molar-refractivity contribution in [3.05, 3.63) is 42.5 Å². The third-order valence-corrected chi connectivity index (χ3v) is 0.913. The summed E-state index contributed by atoms with van der Waals surface area (Å²) in [5, 5.41) is 0.